The molecule has 1 fully saturated rings. The molecule has 3 aromatic carbocycles. The smallest absolute Gasteiger partial charge is 0.251 e. The van der Waals surface area contributed by atoms with E-state index in [1.807, 2.05) is 73.3 Å². The first-order valence-corrected chi connectivity index (χ1v) is 12.3. The zero-order valence-electron chi connectivity index (χ0n) is 18.5. The summed E-state index contributed by atoms with van der Waals surface area (Å²) in [6.07, 6.45) is -0.121. The van der Waals surface area contributed by atoms with Crippen molar-refractivity contribution in [1.29, 1.82) is 0 Å². The van der Waals surface area contributed by atoms with Crippen molar-refractivity contribution < 1.29 is 9.53 Å². The van der Waals surface area contributed by atoms with E-state index >= 15 is 0 Å². The molecule has 1 heterocycles. The lowest BCUT2D eigenvalue weighted by Crippen LogP contribution is -2.33. The van der Waals surface area contributed by atoms with E-state index in [4.69, 9.17) is 4.74 Å². The van der Waals surface area contributed by atoms with E-state index in [1.165, 1.54) is 17.1 Å². The molecule has 1 unspecified atom stereocenters. The number of thioether (sulfide) groups is 1. The second kappa shape index (κ2) is 11.2. The van der Waals surface area contributed by atoms with E-state index in [0.29, 0.717) is 12.1 Å². The fourth-order valence-electron chi connectivity index (χ4n) is 3.79. The Balaban J connectivity index is 1.27. The molecule has 0 aromatic heterocycles. The number of nitrogens with one attached hydrogen (secondary N) is 1. The molecule has 0 bridgehead atoms. The van der Waals surface area contributed by atoms with Crippen LogP contribution in [0.4, 0.5) is 0 Å². The van der Waals surface area contributed by atoms with Gasteiger partial charge in [-0.15, -0.1) is 0 Å². The number of hydrogen-bond donors (Lipinski definition) is 1. The van der Waals surface area contributed by atoms with Gasteiger partial charge in [0.25, 0.3) is 5.91 Å². The number of nitrogens with zero attached hydrogens (tertiary/aromatic N) is 1. The maximum Gasteiger partial charge on any atom is 0.251 e. The van der Waals surface area contributed by atoms with E-state index in [0.717, 1.165) is 36.5 Å². The Kier molecular flexibility index (Phi) is 7.86. The van der Waals surface area contributed by atoms with Crippen molar-refractivity contribution in [2.75, 3.05) is 31.1 Å². The number of benzene rings is 3. The first kappa shape index (κ1) is 22.4. The molecule has 5 heteroatoms. The van der Waals surface area contributed by atoms with E-state index < -0.39 is 0 Å². The molecule has 4 nitrogen and oxygen atoms in total. The molecule has 1 atom stereocenters. The van der Waals surface area contributed by atoms with Crippen LogP contribution in [-0.2, 0) is 6.54 Å². The van der Waals surface area contributed by atoms with Crippen LogP contribution in [0.25, 0.3) is 11.1 Å². The minimum Gasteiger partial charge on any atom is -0.489 e. The molecule has 32 heavy (non-hydrogen) atoms. The van der Waals surface area contributed by atoms with E-state index in [9.17, 15) is 4.79 Å². The van der Waals surface area contributed by atoms with Crippen LogP contribution in [0.15, 0.2) is 78.9 Å². The van der Waals surface area contributed by atoms with Gasteiger partial charge in [0.15, 0.2) is 0 Å². The summed E-state index contributed by atoms with van der Waals surface area (Å²) in [6.45, 7) is 5.68. The molecule has 1 amide bonds. The van der Waals surface area contributed by atoms with Crippen molar-refractivity contribution in [3.05, 3.63) is 90.0 Å². The summed E-state index contributed by atoms with van der Waals surface area (Å²) in [7, 11) is 0. The highest BCUT2D eigenvalue weighted by Crippen LogP contribution is 2.20. The quantitative estimate of drug-likeness (QED) is 0.523. The second-order valence-corrected chi connectivity index (χ2v) is 9.34. The second-order valence-electron chi connectivity index (χ2n) is 8.12. The molecule has 0 aliphatic carbocycles. The van der Waals surface area contributed by atoms with Crippen LogP contribution in [0.3, 0.4) is 0 Å². The zero-order valence-corrected chi connectivity index (χ0v) is 19.3. The lowest BCUT2D eigenvalue weighted by atomic mass is 10.0. The molecule has 3 aromatic rings. The van der Waals surface area contributed by atoms with Crippen LogP contribution in [-0.4, -0.2) is 48.1 Å². The number of amides is 1. The highest BCUT2D eigenvalue weighted by Gasteiger charge is 2.12. The van der Waals surface area contributed by atoms with Gasteiger partial charge in [0.05, 0.1) is 6.54 Å². The van der Waals surface area contributed by atoms with Gasteiger partial charge in [0.2, 0.25) is 0 Å². The third-order valence-electron chi connectivity index (χ3n) is 5.55. The predicted octanol–water partition coefficient (Wildman–Crippen LogP) is 5.10. The minimum atomic E-state index is -0.121. The summed E-state index contributed by atoms with van der Waals surface area (Å²) in [5, 5.41) is 2.98. The van der Waals surface area contributed by atoms with Crippen LogP contribution >= 0.6 is 11.8 Å². The number of carbonyl (C=O) groups is 1. The summed E-state index contributed by atoms with van der Waals surface area (Å²) in [6, 6.07) is 26.1. The molecule has 0 radical (unpaired) electrons. The van der Waals surface area contributed by atoms with Gasteiger partial charge in [0, 0.05) is 36.7 Å². The number of hydrogen-bond acceptors (Lipinski definition) is 4. The first-order valence-electron chi connectivity index (χ1n) is 11.2. The van der Waals surface area contributed by atoms with Crippen molar-refractivity contribution in [2.45, 2.75) is 19.6 Å². The standard InChI is InChI=1S/C27H30N2O2S/c1-21(31-26-9-5-6-22(18-26)20-29-14-16-32-17-15-29)19-28-27(30)25-12-10-24(11-13-25)23-7-3-2-4-8-23/h2-13,18,21H,14-17,19-20H2,1H3,(H,28,30). The molecule has 0 spiro atoms. The van der Waals surface area contributed by atoms with E-state index in [-0.39, 0.29) is 12.0 Å². The average Bonchev–Trinajstić information content (AvgIpc) is 2.84. The minimum absolute atomic E-state index is 0.0863. The normalized spacial score (nSPS) is 15.2. The molecular weight excluding hydrogens is 416 g/mol. The van der Waals surface area contributed by atoms with Crippen LogP contribution in [0.5, 0.6) is 5.75 Å². The Bertz CT molecular complexity index is 1000. The Hall–Kier alpha value is -2.76. The summed E-state index contributed by atoms with van der Waals surface area (Å²) in [4.78, 5) is 15.0. The third kappa shape index (κ3) is 6.38. The van der Waals surface area contributed by atoms with Gasteiger partial charge in [-0.2, -0.15) is 11.8 Å². The number of ether oxygens (including phenoxy) is 1. The molecule has 1 aliphatic heterocycles. The molecule has 1 aliphatic rings. The van der Waals surface area contributed by atoms with Gasteiger partial charge in [-0.1, -0.05) is 54.6 Å². The Labute approximate surface area is 195 Å². The van der Waals surface area contributed by atoms with E-state index in [2.05, 4.69) is 34.5 Å². The fraction of sp³-hybridized carbons (Fsp3) is 0.296. The maximum absolute atomic E-state index is 12.6. The Morgan fingerprint density at radius 1 is 0.969 bits per heavy atom. The topological polar surface area (TPSA) is 41.6 Å². The van der Waals surface area contributed by atoms with Gasteiger partial charge in [-0.05, 0) is 47.9 Å². The van der Waals surface area contributed by atoms with Crippen molar-refractivity contribution in [2.24, 2.45) is 0 Å². The molecule has 1 saturated heterocycles. The van der Waals surface area contributed by atoms with Crippen molar-refractivity contribution >= 4 is 17.7 Å². The first-order chi connectivity index (χ1) is 15.7. The highest BCUT2D eigenvalue weighted by molar-refractivity contribution is 7.99. The monoisotopic (exact) mass is 446 g/mol. The third-order valence-corrected chi connectivity index (χ3v) is 6.49. The van der Waals surface area contributed by atoms with Crippen LogP contribution in [0, 0.1) is 0 Å². The average molecular weight is 447 g/mol. The van der Waals surface area contributed by atoms with Gasteiger partial charge < -0.3 is 10.1 Å². The molecular formula is C27H30N2O2S. The SMILES string of the molecule is CC(CNC(=O)c1ccc(-c2ccccc2)cc1)Oc1cccc(CN2CCSCC2)c1. The van der Waals surface area contributed by atoms with Crippen LogP contribution in [0.1, 0.15) is 22.8 Å². The Morgan fingerprint density at radius 3 is 2.44 bits per heavy atom. The lowest BCUT2D eigenvalue weighted by molar-refractivity contribution is 0.0932. The maximum atomic E-state index is 12.6. The number of rotatable bonds is 8. The van der Waals surface area contributed by atoms with Gasteiger partial charge in [-0.25, -0.2) is 0 Å². The zero-order chi connectivity index (χ0) is 22.2. The number of carbonyl (C=O) groups excluding carboxylic acids is 1. The summed E-state index contributed by atoms with van der Waals surface area (Å²) in [5.74, 6) is 3.18. The Morgan fingerprint density at radius 2 is 1.69 bits per heavy atom. The van der Waals surface area contributed by atoms with Gasteiger partial charge in [-0.3, -0.25) is 9.69 Å². The summed E-state index contributed by atoms with van der Waals surface area (Å²) in [5.41, 5.74) is 4.16. The molecule has 0 saturated carbocycles. The van der Waals surface area contributed by atoms with Crippen molar-refractivity contribution in [3.63, 3.8) is 0 Å². The largest absolute Gasteiger partial charge is 0.489 e. The molecule has 166 valence electrons. The van der Waals surface area contributed by atoms with Gasteiger partial charge >= 0.3 is 0 Å². The summed E-state index contributed by atoms with van der Waals surface area (Å²) >= 11 is 2.03. The lowest BCUT2D eigenvalue weighted by Gasteiger charge is -2.26. The predicted molar refractivity (Wildman–Crippen MR) is 133 cm³/mol. The van der Waals surface area contributed by atoms with E-state index in [1.54, 1.807) is 0 Å². The fourth-order valence-corrected chi connectivity index (χ4v) is 4.77. The van der Waals surface area contributed by atoms with Gasteiger partial charge in [0.1, 0.15) is 11.9 Å². The van der Waals surface area contributed by atoms with Crippen LogP contribution < -0.4 is 10.1 Å². The highest BCUT2D eigenvalue weighted by atomic mass is 32.2. The van der Waals surface area contributed by atoms with Crippen molar-refractivity contribution in [3.8, 4) is 16.9 Å². The van der Waals surface area contributed by atoms with Crippen molar-refractivity contribution in [1.82, 2.24) is 10.2 Å². The van der Waals surface area contributed by atoms with Crippen LogP contribution in [0.2, 0.25) is 0 Å². The molecule has 4 rings (SSSR count). The molecule has 1 N–H and O–H groups in total. The summed E-state index contributed by atoms with van der Waals surface area (Å²) < 4.78 is 6.07.